The van der Waals surface area contributed by atoms with Gasteiger partial charge in [-0.05, 0) is 17.7 Å². The number of fused-ring (bicyclic) bond motifs is 1. The predicted octanol–water partition coefficient (Wildman–Crippen LogP) is 1.18. The molecule has 2 rings (SSSR count). The number of nitrogens with one attached hydrogen (secondary N) is 1. The monoisotopic (exact) mass is 285 g/mol. The molecule has 0 aliphatic carbocycles. The summed E-state index contributed by atoms with van der Waals surface area (Å²) in [6.07, 6.45) is 0.916. The molecule has 1 aromatic rings. The van der Waals surface area contributed by atoms with Crippen molar-refractivity contribution in [3.8, 4) is 5.75 Å². The van der Waals surface area contributed by atoms with Gasteiger partial charge in [-0.15, -0.1) is 0 Å². The molecule has 1 aromatic carbocycles. The van der Waals surface area contributed by atoms with E-state index in [0.29, 0.717) is 13.2 Å². The van der Waals surface area contributed by atoms with Crippen molar-refractivity contribution in [3.63, 3.8) is 0 Å². The van der Waals surface area contributed by atoms with E-state index in [9.17, 15) is 0 Å². The van der Waals surface area contributed by atoms with Gasteiger partial charge < -0.3 is 10.5 Å². The lowest BCUT2D eigenvalue weighted by Gasteiger charge is -2.07. The van der Waals surface area contributed by atoms with Gasteiger partial charge >= 0.3 is 0 Å². The van der Waals surface area contributed by atoms with Crippen molar-refractivity contribution in [1.82, 2.24) is 5.48 Å². The Morgan fingerprint density at radius 2 is 2.44 bits per heavy atom. The summed E-state index contributed by atoms with van der Waals surface area (Å²) >= 11 is 3.44. The van der Waals surface area contributed by atoms with Crippen molar-refractivity contribution in [2.75, 3.05) is 6.61 Å². The molecule has 4 N–H and O–H groups in total. The molecule has 86 valence electrons. The van der Waals surface area contributed by atoms with E-state index in [1.54, 1.807) is 5.48 Å². The van der Waals surface area contributed by atoms with Gasteiger partial charge in [-0.2, -0.15) is 0 Å². The zero-order valence-corrected chi connectivity index (χ0v) is 10.1. The molecule has 1 aliphatic heterocycles. The van der Waals surface area contributed by atoms with Crippen molar-refractivity contribution >= 4 is 21.9 Å². The molecule has 0 radical (unpaired) electrons. The Morgan fingerprint density at radius 3 is 3.19 bits per heavy atom. The van der Waals surface area contributed by atoms with E-state index in [1.165, 1.54) is 5.56 Å². The first-order valence-corrected chi connectivity index (χ1v) is 5.64. The zero-order valence-electron chi connectivity index (χ0n) is 8.53. The molecule has 0 saturated heterocycles. The fraction of sp³-hybridized carbons (Fsp3) is 0.300. The number of halogens is 1. The quantitative estimate of drug-likeness (QED) is 0.433. The number of aliphatic imine (C=N–C) groups is 1. The van der Waals surface area contributed by atoms with Crippen molar-refractivity contribution in [1.29, 1.82) is 0 Å². The number of nitrogens with zero attached hydrogens (tertiary/aromatic N) is 1. The first kappa shape index (κ1) is 11.2. The lowest BCUT2D eigenvalue weighted by molar-refractivity contribution is 0.232. The van der Waals surface area contributed by atoms with Crippen LogP contribution in [0.25, 0.3) is 0 Å². The van der Waals surface area contributed by atoms with Gasteiger partial charge in [0.2, 0.25) is 5.96 Å². The largest absolute Gasteiger partial charge is 0.493 e. The minimum Gasteiger partial charge on any atom is -0.493 e. The first-order valence-electron chi connectivity index (χ1n) is 4.85. The van der Waals surface area contributed by atoms with Crippen molar-refractivity contribution in [3.05, 3.63) is 27.7 Å². The summed E-state index contributed by atoms with van der Waals surface area (Å²) in [6.45, 7) is 1.08. The fourth-order valence-corrected chi connectivity index (χ4v) is 2.22. The van der Waals surface area contributed by atoms with Gasteiger partial charge in [0.15, 0.2) is 0 Å². The molecule has 0 saturated carbocycles. The average molecular weight is 286 g/mol. The highest BCUT2D eigenvalue weighted by molar-refractivity contribution is 9.10. The summed E-state index contributed by atoms with van der Waals surface area (Å²) in [6, 6.07) is 3.99. The van der Waals surface area contributed by atoms with Crippen LogP contribution < -0.4 is 16.0 Å². The molecule has 0 amide bonds. The third-order valence-electron chi connectivity index (χ3n) is 2.36. The molecule has 0 atom stereocenters. The lowest BCUT2D eigenvalue weighted by Crippen LogP contribution is -2.28. The minimum atomic E-state index is -0.00766. The molecule has 0 spiro atoms. The van der Waals surface area contributed by atoms with E-state index in [1.807, 2.05) is 12.1 Å². The normalized spacial score (nSPS) is 14.5. The van der Waals surface area contributed by atoms with Gasteiger partial charge in [-0.25, -0.2) is 10.5 Å². The number of ether oxygens (including phenoxy) is 1. The topological polar surface area (TPSA) is 79.9 Å². The molecule has 1 heterocycles. The molecule has 0 aromatic heterocycles. The Balaban J connectivity index is 2.27. The van der Waals surface area contributed by atoms with Crippen molar-refractivity contribution in [2.45, 2.75) is 13.0 Å². The molecule has 1 aliphatic rings. The molecule has 16 heavy (non-hydrogen) atoms. The number of guanidine groups is 1. The van der Waals surface area contributed by atoms with Gasteiger partial charge in [-0.1, -0.05) is 15.9 Å². The van der Waals surface area contributed by atoms with Gasteiger partial charge in [0.05, 0.1) is 13.2 Å². The van der Waals surface area contributed by atoms with Crippen LogP contribution >= 0.6 is 15.9 Å². The second kappa shape index (κ2) is 4.71. The minimum absolute atomic E-state index is 0.00766. The van der Waals surface area contributed by atoms with Crippen LogP contribution in [0.3, 0.4) is 0 Å². The Kier molecular flexibility index (Phi) is 3.31. The van der Waals surface area contributed by atoms with Gasteiger partial charge in [-0.3, -0.25) is 5.21 Å². The van der Waals surface area contributed by atoms with Crippen LogP contribution in [-0.4, -0.2) is 17.8 Å². The Labute approximate surface area is 101 Å². The summed E-state index contributed by atoms with van der Waals surface area (Å²) in [5.74, 6) is 0.879. The maximum absolute atomic E-state index is 8.51. The van der Waals surface area contributed by atoms with E-state index in [0.717, 1.165) is 22.2 Å². The molecule has 0 bridgehead atoms. The number of hydrogen-bond acceptors (Lipinski definition) is 3. The number of benzene rings is 1. The molecule has 0 unspecified atom stereocenters. The highest BCUT2D eigenvalue weighted by Crippen LogP contribution is 2.33. The molecule has 5 nitrogen and oxygen atoms in total. The van der Waals surface area contributed by atoms with Crippen molar-refractivity contribution < 1.29 is 9.94 Å². The SMILES string of the molecule is NC(=NCc1cc(Br)cc2c1OCC2)NO. The second-order valence-corrected chi connectivity index (χ2v) is 4.38. The Morgan fingerprint density at radius 1 is 1.62 bits per heavy atom. The smallest absolute Gasteiger partial charge is 0.213 e. The Bertz CT molecular complexity index is 434. The maximum atomic E-state index is 8.51. The second-order valence-electron chi connectivity index (χ2n) is 3.46. The summed E-state index contributed by atoms with van der Waals surface area (Å²) < 4.78 is 6.53. The zero-order chi connectivity index (χ0) is 11.5. The molecule has 0 fully saturated rings. The molecular weight excluding hydrogens is 274 g/mol. The van der Waals surface area contributed by atoms with Crippen LogP contribution in [0.4, 0.5) is 0 Å². The third kappa shape index (κ3) is 2.28. The van der Waals surface area contributed by atoms with Crippen LogP contribution in [0.5, 0.6) is 5.75 Å². The number of rotatable bonds is 2. The fourth-order valence-electron chi connectivity index (χ4n) is 1.67. The number of hydrogen-bond donors (Lipinski definition) is 3. The van der Waals surface area contributed by atoms with Crippen LogP contribution in [0.1, 0.15) is 11.1 Å². The van der Waals surface area contributed by atoms with E-state index < -0.39 is 0 Å². The van der Waals surface area contributed by atoms with E-state index >= 15 is 0 Å². The van der Waals surface area contributed by atoms with Gasteiger partial charge in [0, 0.05) is 16.5 Å². The summed E-state index contributed by atoms with van der Waals surface area (Å²) in [5, 5.41) is 8.51. The Hall–Kier alpha value is -1.27. The lowest BCUT2D eigenvalue weighted by atomic mass is 10.1. The van der Waals surface area contributed by atoms with E-state index in [4.69, 9.17) is 15.7 Å². The summed E-state index contributed by atoms with van der Waals surface area (Å²) in [7, 11) is 0. The van der Waals surface area contributed by atoms with Crippen LogP contribution in [0.2, 0.25) is 0 Å². The molecule has 6 heteroatoms. The summed E-state index contributed by atoms with van der Waals surface area (Å²) in [5.41, 5.74) is 9.27. The van der Waals surface area contributed by atoms with Crippen LogP contribution in [0.15, 0.2) is 21.6 Å². The average Bonchev–Trinajstić information content (AvgIpc) is 2.73. The van der Waals surface area contributed by atoms with Gasteiger partial charge in [0.1, 0.15) is 5.75 Å². The standard InChI is InChI=1S/C10H12BrN3O2/c11-8-3-6-1-2-16-9(6)7(4-8)5-13-10(12)14-15/h3-4,15H,1-2,5H2,(H3,12,13,14). The predicted molar refractivity (Wildman–Crippen MR) is 63.6 cm³/mol. The first-order chi connectivity index (χ1) is 7.70. The highest BCUT2D eigenvalue weighted by atomic mass is 79.9. The molecular formula is C10H12BrN3O2. The highest BCUT2D eigenvalue weighted by Gasteiger charge is 2.16. The van der Waals surface area contributed by atoms with E-state index in [2.05, 4.69) is 20.9 Å². The summed E-state index contributed by atoms with van der Waals surface area (Å²) in [4.78, 5) is 3.96. The third-order valence-corrected chi connectivity index (χ3v) is 2.82. The number of hydroxylamine groups is 1. The van der Waals surface area contributed by atoms with Crippen LogP contribution in [0, 0.1) is 0 Å². The van der Waals surface area contributed by atoms with E-state index in [-0.39, 0.29) is 5.96 Å². The van der Waals surface area contributed by atoms with Gasteiger partial charge in [0.25, 0.3) is 0 Å². The van der Waals surface area contributed by atoms with Crippen molar-refractivity contribution in [2.24, 2.45) is 10.7 Å². The van der Waals surface area contributed by atoms with Crippen LogP contribution in [-0.2, 0) is 13.0 Å². The maximum Gasteiger partial charge on any atom is 0.213 e. The number of nitrogens with two attached hydrogens (primary N) is 1.